The molecule has 0 atom stereocenters. The first-order valence-electron chi connectivity index (χ1n) is 6.05. The van der Waals surface area contributed by atoms with E-state index in [9.17, 15) is 9.59 Å². The monoisotopic (exact) mass is 277 g/mol. The van der Waals surface area contributed by atoms with E-state index in [1.807, 2.05) is 13.8 Å². The zero-order valence-corrected chi connectivity index (χ0v) is 11.4. The third-order valence-corrected chi connectivity index (χ3v) is 2.80. The fourth-order valence-corrected chi connectivity index (χ4v) is 1.88. The third kappa shape index (κ3) is 2.53. The van der Waals surface area contributed by atoms with Gasteiger partial charge in [-0.1, -0.05) is 0 Å². The molecule has 0 bridgehead atoms. The van der Waals surface area contributed by atoms with E-state index in [1.54, 1.807) is 17.8 Å². The van der Waals surface area contributed by atoms with Crippen LogP contribution in [0.5, 0.6) is 0 Å². The van der Waals surface area contributed by atoms with Gasteiger partial charge in [-0.3, -0.25) is 14.2 Å². The van der Waals surface area contributed by atoms with Crippen molar-refractivity contribution >= 4 is 17.7 Å². The first kappa shape index (κ1) is 13.8. The van der Waals surface area contributed by atoms with Crippen LogP contribution in [-0.4, -0.2) is 36.5 Å². The number of carboxylic acids is 1. The minimum atomic E-state index is -1.20. The summed E-state index contributed by atoms with van der Waals surface area (Å²) in [6.07, 6.45) is 1.28. The number of aromatic carboxylic acids is 1. The van der Waals surface area contributed by atoms with Gasteiger partial charge in [0.15, 0.2) is 11.5 Å². The molecule has 0 saturated heterocycles. The van der Waals surface area contributed by atoms with Crippen molar-refractivity contribution in [2.75, 3.05) is 5.32 Å². The lowest BCUT2D eigenvalue weighted by Gasteiger charge is -2.00. The normalized spacial score (nSPS) is 10.6. The predicted octanol–water partition coefficient (Wildman–Crippen LogP) is 0.895. The van der Waals surface area contributed by atoms with Crippen molar-refractivity contribution in [3.05, 3.63) is 29.2 Å². The summed E-state index contributed by atoms with van der Waals surface area (Å²) >= 11 is 0. The van der Waals surface area contributed by atoms with Gasteiger partial charge in [0.1, 0.15) is 5.56 Å². The van der Waals surface area contributed by atoms with Crippen molar-refractivity contribution in [3.63, 3.8) is 0 Å². The highest BCUT2D eigenvalue weighted by atomic mass is 16.4. The van der Waals surface area contributed by atoms with E-state index in [4.69, 9.17) is 5.11 Å². The van der Waals surface area contributed by atoms with Crippen molar-refractivity contribution in [1.29, 1.82) is 0 Å². The van der Waals surface area contributed by atoms with Gasteiger partial charge in [-0.05, 0) is 13.8 Å². The van der Waals surface area contributed by atoms with Crippen molar-refractivity contribution in [2.45, 2.75) is 20.4 Å². The molecule has 2 heterocycles. The molecule has 2 N–H and O–H groups in total. The van der Waals surface area contributed by atoms with Gasteiger partial charge in [0.2, 0.25) is 0 Å². The van der Waals surface area contributed by atoms with Crippen LogP contribution in [-0.2, 0) is 13.6 Å². The summed E-state index contributed by atoms with van der Waals surface area (Å²) in [5.74, 6) is -1.42. The maximum atomic E-state index is 12.1. The molecule has 0 aliphatic rings. The lowest BCUT2D eigenvalue weighted by atomic mass is 10.2. The summed E-state index contributed by atoms with van der Waals surface area (Å²) in [4.78, 5) is 23.1. The number of carboxylic acid groups (broad SMARTS) is 1. The smallest absolute Gasteiger partial charge is 0.339 e. The Morgan fingerprint density at radius 1 is 1.40 bits per heavy atom. The Hall–Kier alpha value is -2.64. The number of hydrogen-bond acceptors (Lipinski definition) is 4. The highest BCUT2D eigenvalue weighted by molar-refractivity contribution is 6.08. The second-order valence-corrected chi connectivity index (χ2v) is 4.31. The van der Waals surface area contributed by atoms with E-state index in [1.165, 1.54) is 10.9 Å². The summed E-state index contributed by atoms with van der Waals surface area (Å²) in [7, 11) is 1.55. The lowest BCUT2D eigenvalue weighted by Crippen LogP contribution is -2.17. The highest BCUT2D eigenvalue weighted by Gasteiger charge is 2.21. The Kier molecular flexibility index (Phi) is 3.55. The number of carbonyl (C=O) groups excluding carboxylic acids is 1. The molecule has 0 aliphatic heterocycles. The van der Waals surface area contributed by atoms with E-state index in [0.29, 0.717) is 12.4 Å². The standard InChI is InChI=1S/C12H15N5O3/c1-4-17-7(2)5-9(14-17)13-11(18)10-8(12(19)20)6-16(3)15-10/h5-6H,4H2,1-3H3,(H,19,20)(H,13,14,18). The zero-order chi connectivity index (χ0) is 14.9. The number of aromatic nitrogens is 4. The van der Waals surface area contributed by atoms with Gasteiger partial charge in [-0.2, -0.15) is 10.2 Å². The molecule has 8 nitrogen and oxygen atoms in total. The Labute approximate surface area is 115 Å². The molecule has 0 spiro atoms. The van der Waals surface area contributed by atoms with Crippen LogP contribution >= 0.6 is 0 Å². The second kappa shape index (κ2) is 5.16. The van der Waals surface area contributed by atoms with Crippen molar-refractivity contribution in [2.24, 2.45) is 7.05 Å². The summed E-state index contributed by atoms with van der Waals surface area (Å²) < 4.78 is 3.01. The maximum Gasteiger partial charge on any atom is 0.339 e. The molecule has 2 rings (SSSR count). The van der Waals surface area contributed by atoms with Crippen LogP contribution in [0.1, 0.15) is 33.5 Å². The third-order valence-electron chi connectivity index (χ3n) is 2.80. The average Bonchev–Trinajstić information content (AvgIpc) is 2.92. The first-order chi connectivity index (χ1) is 9.42. The average molecular weight is 277 g/mol. The largest absolute Gasteiger partial charge is 0.478 e. The molecule has 8 heteroatoms. The van der Waals surface area contributed by atoms with Gasteiger partial charge in [0.05, 0.1) is 0 Å². The van der Waals surface area contributed by atoms with Crippen LogP contribution in [0, 0.1) is 6.92 Å². The maximum absolute atomic E-state index is 12.1. The number of amides is 1. The molecule has 0 radical (unpaired) electrons. The van der Waals surface area contributed by atoms with Gasteiger partial charge in [0, 0.05) is 31.5 Å². The van der Waals surface area contributed by atoms with Gasteiger partial charge in [-0.25, -0.2) is 4.79 Å². The molecular weight excluding hydrogens is 262 g/mol. The predicted molar refractivity (Wildman–Crippen MR) is 70.8 cm³/mol. The highest BCUT2D eigenvalue weighted by Crippen LogP contribution is 2.12. The van der Waals surface area contributed by atoms with Crippen molar-refractivity contribution in [3.8, 4) is 0 Å². The van der Waals surface area contributed by atoms with Crippen molar-refractivity contribution in [1.82, 2.24) is 19.6 Å². The van der Waals surface area contributed by atoms with Gasteiger partial charge >= 0.3 is 5.97 Å². The number of anilines is 1. The molecule has 0 fully saturated rings. The van der Waals surface area contributed by atoms with E-state index in [0.717, 1.165) is 5.69 Å². The quantitative estimate of drug-likeness (QED) is 0.864. The molecule has 0 saturated carbocycles. The van der Waals surface area contributed by atoms with E-state index in [2.05, 4.69) is 15.5 Å². The number of nitrogens with one attached hydrogen (secondary N) is 1. The summed E-state index contributed by atoms with van der Waals surface area (Å²) in [5, 5.41) is 19.6. The molecule has 0 aliphatic carbocycles. The van der Waals surface area contributed by atoms with E-state index in [-0.39, 0.29) is 11.3 Å². The lowest BCUT2D eigenvalue weighted by molar-refractivity contribution is 0.0692. The zero-order valence-electron chi connectivity index (χ0n) is 11.4. The molecule has 1 amide bonds. The molecule has 2 aromatic heterocycles. The summed E-state index contributed by atoms with van der Waals surface area (Å²) in [6, 6.07) is 1.71. The summed E-state index contributed by atoms with van der Waals surface area (Å²) in [5.41, 5.74) is 0.627. The fraction of sp³-hybridized carbons (Fsp3) is 0.333. The van der Waals surface area contributed by atoms with Crippen LogP contribution in [0.15, 0.2) is 12.3 Å². The minimum absolute atomic E-state index is 0.135. The Balaban J connectivity index is 2.25. The fourth-order valence-electron chi connectivity index (χ4n) is 1.88. The number of rotatable bonds is 4. The van der Waals surface area contributed by atoms with Crippen LogP contribution in [0.2, 0.25) is 0 Å². The number of carbonyl (C=O) groups is 2. The van der Waals surface area contributed by atoms with E-state index >= 15 is 0 Å². The van der Waals surface area contributed by atoms with Crippen LogP contribution in [0.3, 0.4) is 0 Å². The Morgan fingerprint density at radius 2 is 2.10 bits per heavy atom. The number of nitrogens with zero attached hydrogens (tertiary/aromatic N) is 4. The first-order valence-corrected chi connectivity index (χ1v) is 6.05. The molecule has 20 heavy (non-hydrogen) atoms. The van der Waals surface area contributed by atoms with Gasteiger partial charge in [-0.15, -0.1) is 0 Å². The second-order valence-electron chi connectivity index (χ2n) is 4.31. The Bertz CT molecular complexity index is 671. The van der Waals surface area contributed by atoms with Gasteiger partial charge < -0.3 is 10.4 Å². The number of aryl methyl sites for hydroxylation is 3. The molecular formula is C12H15N5O3. The minimum Gasteiger partial charge on any atom is -0.478 e. The van der Waals surface area contributed by atoms with Crippen LogP contribution in [0.25, 0.3) is 0 Å². The SMILES string of the molecule is CCn1nc(NC(=O)c2nn(C)cc2C(=O)O)cc1C. The molecule has 0 aromatic carbocycles. The molecule has 0 unspecified atom stereocenters. The van der Waals surface area contributed by atoms with Crippen molar-refractivity contribution < 1.29 is 14.7 Å². The van der Waals surface area contributed by atoms with Gasteiger partial charge in [0.25, 0.3) is 5.91 Å². The Morgan fingerprint density at radius 3 is 2.65 bits per heavy atom. The number of hydrogen-bond donors (Lipinski definition) is 2. The van der Waals surface area contributed by atoms with Crippen LogP contribution in [0.4, 0.5) is 5.82 Å². The van der Waals surface area contributed by atoms with Crippen LogP contribution < -0.4 is 5.32 Å². The van der Waals surface area contributed by atoms with E-state index < -0.39 is 11.9 Å². The molecule has 106 valence electrons. The molecule has 2 aromatic rings. The topological polar surface area (TPSA) is 102 Å². The summed E-state index contributed by atoms with van der Waals surface area (Å²) in [6.45, 7) is 4.49.